The average Bonchev–Trinajstić information content (AvgIpc) is 2.29. The second-order valence-electron chi connectivity index (χ2n) is 4.30. The molecule has 0 aromatic heterocycles. The molecule has 1 aliphatic heterocycles. The first-order valence-electron chi connectivity index (χ1n) is 5.53. The molecule has 0 atom stereocenters. The van der Waals surface area contributed by atoms with Crippen molar-refractivity contribution in [2.24, 2.45) is 0 Å². The topological polar surface area (TPSA) is 54.5 Å². The molecule has 0 unspecified atom stereocenters. The normalized spacial score (nSPS) is 19.0. The number of benzene rings is 1. The summed E-state index contributed by atoms with van der Waals surface area (Å²) in [4.78, 5) is 12.7. The van der Waals surface area contributed by atoms with Crippen LogP contribution in [0.25, 0.3) is 0 Å². The molecule has 0 N–H and O–H groups in total. The lowest BCUT2D eigenvalue weighted by molar-refractivity contribution is 0.112. The van der Waals surface area contributed by atoms with E-state index in [1.807, 2.05) is 19.1 Å². The first kappa shape index (κ1) is 12.1. The zero-order chi connectivity index (χ0) is 12.5. The summed E-state index contributed by atoms with van der Waals surface area (Å²) in [7, 11) is -2.85. The SMILES string of the molecule is Cc1cc(C=O)ccc1N1CCS(=O)(=O)CC1. The lowest BCUT2D eigenvalue weighted by Gasteiger charge is -2.30. The summed E-state index contributed by atoms with van der Waals surface area (Å²) >= 11 is 0. The fraction of sp³-hybridized carbons (Fsp3) is 0.417. The summed E-state index contributed by atoms with van der Waals surface area (Å²) in [5.41, 5.74) is 2.68. The highest BCUT2D eigenvalue weighted by atomic mass is 32.2. The van der Waals surface area contributed by atoms with Gasteiger partial charge in [-0.1, -0.05) is 0 Å². The van der Waals surface area contributed by atoms with E-state index in [1.165, 1.54) is 0 Å². The van der Waals surface area contributed by atoms with E-state index in [2.05, 4.69) is 4.90 Å². The first-order valence-corrected chi connectivity index (χ1v) is 7.35. The van der Waals surface area contributed by atoms with Gasteiger partial charge in [-0.05, 0) is 30.7 Å². The van der Waals surface area contributed by atoms with Crippen molar-refractivity contribution < 1.29 is 13.2 Å². The maximum atomic E-state index is 11.3. The second-order valence-corrected chi connectivity index (χ2v) is 6.61. The van der Waals surface area contributed by atoms with Crippen LogP contribution in [0.3, 0.4) is 0 Å². The number of nitrogens with zero attached hydrogens (tertiary/aromatic N) is 1. The predicted octanol–water partition coefficient (Wildman–Crippen LogP) is 1.04. The Morgan fingerprint density at radius 2 is 1.88 bits per heavy atom. The highest BCUT2D eigenvalue weighted by Gasteiger charge is 2.22. The summed E-state index contributed by atoms with van der Waals surface area (Å²) in [6.07, 6.45) is 0.817. The molecule has 5 heteroatoms. The van der Waals surface area contributed by atoms with E-state index in [1.54, 1.807) is 6.07 Å². The largest absolute Gasteiger partial charge is 0.369 e. The van der Waals surface area contributed by atoms with Gasteiger partial charge in [0.05, 0.1) is 11.5 Å². The molecule has 1 heterocycles. The molecule has 4 nitrogen and oxygen atoms in total. The van der Waals surface area contributed by atoms with Crippen LogP contribution in [0.2, 0.25) is 0 Å². The second kappa shape index (κ2) is 4.49. The molecular weight excluding hydrogens is 238 g/mol. The molecule has 0 radical (unpaired) electrons. The molecule has 2 rings (SSSR count). The van der Waals surface area contributed by atoms with Crippen LogP contribution in [0.1, 0.15) is 15.9 Å². The van der Waals surface area contributed by atoms with Crippen molar-refractivity contribution in [1.82, 2.24) is 0 Å². The molecule has 1 aromatic carbocycles. The van der Waals surface area contributed by atoms with Crippen molar-refractivity contribution in [3.8, 4) is 0 Å². The van der Waals surface area contributed by atoms with Crippen LogP contribution in [0.15, 0.2) is 18.2 Å². The van der Waals surface area contributed by atoms with Gasteiger partial charge in [0, 0.05) is 24.3 Å². The zero-order valence-corrected chi connectivity index (χ0v) is 10.5. The molecule has 92 valence electrons. The molecule has 0 saturated carbocycles. The lowest BCUT2D eigenvalue weighted by atomic mass is 10.1. The quantitative estimate of drug-likeness (QED) is 0.739. The monoisotopic (exact) mass is 253 g/mol. The number of anilines is 1. The van der Waals surface area contributed by atoms with Gasteiger partial charge in [0.1, 0.15) is 6.29 Å². The van der Waals surface area contributed by atoms with Gasteiger partial charge >= 0.3 is 0 Å². The van der Waals surface area contributed by atoms with Gasteiger partial charge in [0.2, 0.25) is 0 Å². The molecule has 0 spiro atoms. The number of carbonyl (C=O) groups is 1. The Balaban J connectivity index is 2.21. The number of rotatable bonds is 2. The summed E-state index contributed by atoms with van der Waals surface area (Å²) < 4.78 is 22.7. The number of aldehydes is 1. The van der Waals surface area contributed by atoms with Crippen LogP contribution in [0.4, 0.5) is 5.69 Å². The molecular formula is C12H15NO3S. The Hall–Kier alpha value is -1.36. The van der Waals surface area contributed by atoms with Crippen LogP contribution >= 0.6 is 0 Å². The summed E-state index contributed by atoms with van der Waals surface area (Å²) in [6, 6.07) is 5.47. The maximum Gasteiger partial charge on any atom is 0.153 e. The predicted molar refractivity (Wildman–Crippen MR) is 67.4 cm³/mol. The third-order valence-electron chi connectivity index (χ3n) is 3.04. The summed E-state index contributed by atoms with van der Waals surface area (Å²) in [6.45, 7) is 3.00. The number of aryl methyl sites for hydroxylation is 1. The van der Waals surface area contributed by atoms with Crippen LogP contribution in [0.5, 0.6) is 0 Å². The van der Waals surface area contributed by atoms with E-state index >= 15 is 0 Å². The van der Waals surface area contributed by atoms with Crippen molar-refractivity contribution in [3.63, 3.8) is 0 Å². The van der Waals surface area contributed by atoms with E-state index in [-0.39, 0.29) is 11.5 Å². The van der Waals surface area contributed by atoms with Gasteiger partial charge in [-0.3, -0.25) is 4.79 Å². The van der Waals surface area contributed by atoms with Crippen LogP contribution in [-0.4, -0.2) is 39.3 Å². The van der Waals surface area contributed by atoms with E-state index in [4.69, 9.17) is 0 Å². The Morgan fingerprint density at radius 1 is 1.24 bits per heavy atom. The smallest absolute Gasteiger partial charge is 0.153 e. The number of carbonyl (C=O) groups excluding carboxylic acids is 1. The van der Waals surface area contributed by atoms with Gasteiger partial charge < -0.3 is 4.90 Å². The molecule has 1 aliphatic rings. The summed E-state index contributed by atoms with van der Waals surface area (Å²) in [5.74, 6) is 0.420. The molecule has 17 heavy (non-hydrogen) atoms. The van der Waals surface area contributed by atoms with Gasteiger partial charge in [0.25, 0.3) is 0 Å². The molecule has 1 aromatic rings. The third kappa shape index (κ3) is 2.66. The van der Waals surface area contributed by atoms with Crippen molar-refractivity contribution in [2.75, 3.05) is 29.5 Å². The highest BCUT2D eigenvalue weighted by Crippen LogP contribution is 2.22. The fourth-order valence-electron chi connectivity index (χ4n) is 2.06. The summed E-state index contributed by atoms with van der Waals surface area (Å²) in [5, 5.41) is 0. The van der Waals surface area contributed by atoms with Gasteiger partial charge in [-0.15, -0.1) is 0 Å². The lowest BCUT2D eigenvalue weighted by Crippen LogP contribution is -2.40. The molecule has 1 saturated heterocycles. The zero-order valence-electron chi connectivity index (χ0n) is 9.72. The Bertz CT molecular complexity index is 523. The Labute approximate surface area is 101 Å². The van der Waals surface area contributed by atoms with Gasteiger partial charge in [0.15, 0.2) is 9.84 Å². The van der Waals surface area contributed by atoms with Crippen molar-refractivity contribution >= 4 is 21.8 Å². The van der Waals surface area contributed by atoms with Crippen molar-refractivity contribution in [3.05, 3.63) is 29.3 Å². The minimum Gasteiger partial charge on any atom is -0.369 e. The van der Waals surface area contributed by atoms with E-state index < -0.39 is 9.84 Å². The maximum absolute atomic E-state index is 11.3. The Morgan fingerprint density at radius 3 is 2.41 bits per heavy atom. The molecule has 0 aliphatic carbocycles. The highest BCUT2D eigenvalue weighted by molar-refractivity contribution is 7.91. The van der Waals surface area contributed by atoms with E-state index in [9.17, 15) is 13.2 Å². The van der Waals surface area contributed by atoms with Gasteiger partial charge in [-0.25, -0.2) is 8.42 Å². The standard InChI is InChI=1S/C12H15NO3S/c1-10-8-11(9-14)2-3-12(10)13-4-6-17(15,16)7-5-13/h2-3,8-9H,4-7H2,1H3. The van der Waals surface area contributed by atoms with Crippen LogP contribution < -0.4 is 4.90 Å². The minimum atomic E-state index is -2.85. The number of sulfone groups is 1. The third-order valence-corrected chi connectivity index (χ3v) is 4.65. The van der Waals surface area contributed by atoms with E-state index in [0.29, 0.717) is 18.7 Å². The van der Waals surface area contributed by atoms with Crippen molar-refractivity contribution in [2.45, 2.75) is 6.92 Å². The van der Waals surface area contributed by atoms with Crippen LogP contribution in [-0.2, 0) is 9.84 Å². The number of hydrogen-bond acceptors (Lipinski definition) is 4. The van der Waals surface area contributed by atoms with Crippen LogP contribution in [0, 0.1) is 6.92 Å². The van der Waals surface area contributed by atoms with Gasteiger partial charge in [-0.2, -0.15) is 0 Å². The Kier molecular flexibility index (Phi) is 3.19. The average molecular weight is 253 g/mol. The van der Waals surface area contributed by atoms with Crippen molar-refractivity contribution in [1.29, 1.82) is 0 Å². The van der Waals surface area contributed by atoms with E-state index in [0.717, 1.165) is 17.5 Å². The first-order chi connectivity index (χ1) is 8.02. The molecule has 1 fully saturated rings. The molecule has 0 amide bonds. The molecule has 0 bridgehead atoms. The number of hydrogen-bond donors (Lipinski definition) is 0. The minimum absolute atomic E-state index is 0.210. The fourth-order valence-corrected chi connectivity index (χ4v) is 3.26.